The van der Waals surface area contributed by atoms with Gasteiger partial charge >= 0.3 is 0 Å². The number of nitrogens with one attached hydrogen (secondary N) is 1. The van der Waals surface area contributed by atoms with Crippen molar-refractivity contribution in [2.45, 2.75) is 13.8 Å². The molecule has 0 heterocycles. The van der Waals surface area contributed by atoms with Crippen molar-refractivity contribution in [3.05, 3.63) is 28.8 Å². The van der Waals surface area contributed by atoms with E-state index in [1.165, 1.54) is 23.1 Å². The number of carbonyl (C=O) groups is 2. The molecule has 2 N–H and O–H groups in total. The van der Waals surface area contributed by atoms with Gasteiger partial charge in [-0.3, -0.25) is 9.59 Å². The van der Waals surface area contributed by atoms with E-state index >= 15 is 0 Å². The van der Waals surface area contributed by atoms with Gasteiger partial charge in [0.05, 0.1) is 11.6 Å². The van der Waals surface area contributed by atoms with Gasteiger partial charge in [0.2, 0.25) is 5.91 Å². The van der Waals surface area contributed by atoms with E-state index in [0.29, 0.717) is 18.7 Å². The molecular formula is C13H17ClN2O3. The van der Waals surface area contributed by atoms with Crippen molar-refractivity contribution in [3.8, 4) is 5.75 Å². The van der Waals surface area contributed by atoms with Crippen LogP contribution in [0.4, 0.5) is 0 Å². The lowest BCUT2D eigenvalue weighted by molar-refractivity contribution is -0.121. The zero-order valence-corrected chi connectivity index (χ0v) is 11.7. The predicted molar refractivity (Wildman–Crippen MR) is 73.4 cm³/mol. The number of benzene rings is 1. The molecule has 6 heteroatoms. The first-order valence-electron chi connectivity index (χ1n) is 6.04. The summed E-state index contributed by atoms with van der Waals surface area (Å²) in [6, 6.07) is 4.22. The summed E-state index contributed by atoms with van der Waals surface area (Å²) >= 11 is 5.76. The summed E-state index contributed by atoms with van der Waals surface area (Å²) in [6.07, 6.45) is 0. The molecule has 0 unspecified atom stereocenters. The number of halogens is 1. The van der Waals surface area contributed by atoms with E-state index in [1.807, 2.05) is 6.92 Å². The number of phenolic OH excluding ortho intramolecular Hbond substituents is 1. The Morgan fingerprint density at radius 3 is 2.58 bits per heavy atom. The highest BCUT2D eigenvalue weighted by Gasteiger charge is 2.17. The standard InChI is InChI=1S/C13H17ClN2O3/c1-3-15-12(18)8-16(4-2)13(19)9-5-6-11(17)10(14)7-9/h5-7,17H,3-4,8H2,1-2H3,(H,15,18). The minimum Gasteiger partial charge on any atom is -0.506 e. The minimum absolute atomic E-state index is 0.00166. The summed E-state index contributed by atoms with van der Waals surface area (Å²) in [7, 11) is 0. The summed E-state index contributed by atoms with van der Waals surface area (Å²) < 4.78 is 0. The van der Waals surface area contributed by atoms with Crippen molar-refractivity contribution in [3.63, 3.8) is 0 Å². The van der Waals surface area contributed by atoms with E-state index in [4.69, 9.17) is 11.6 Å². The van der Waals surface area contributed by atoms with Gasteiger partial charge in [0, 0.05) is 18.7 Å². The van der Waals surface area contributed by atoms with Gasteiger partial charge in [-0.25, -0.2) is 0 Å². The van der Waals surface area contributed by atoms with Gasteiger partial charge in [0.25, 0.3) is 5.91 Å². The second-order valence-corrected chi connectivity index (χ2v) is 4.35. The van der Waals surface area contributed by atoms with Crippen LogP contribution in [-0.2, 0) is 4.79 Å². The summed E-state index contributed by atoms with van der Waals surface area (Å²) in [5.41, 5.74) is 0.342. The van der Waals surface area contributed by atoms with Gasteiger partial charge < -0.3 is 15.3 Å². The average molecular weight is 285 g/mol. The maximum absolute atomic E-state index is 12.2. The van der Waals surface area contributed by atoms with Crippen LogP contribution in [0, 0.1) is 0 Å². The SMILES string of the molecule is CCNC(=O)CN(CC)C(=O)c1ccc(O)c(Cl)c1. The molecule has 5 nitrogen and oxygen atoms in total. The Labute approximate surface area is 117 Å². The van der Waals surface area contributed by atoms with E-state index in [-0.39, 0.29) is 29.1 Å². The van der Waals surface area contributed by atoms with Crippen molar-refractivity contribution in [2.75, 3.05) is 19.6 Å². The first kappa shape index (κ1) is 15.3. The van der Waals surface area contributed by atoms with Crippen LogP contribution in [0.2, 0.25) is 5.02 Å². The molecule has 2 amide bonds. The summed E-state index contributed by atoms with van der Waals surface area (Å²) in [5.74, 6) is -0.580. The Hall–Kier alpha value is -1.75. The number of carbonyl (C=O) groups excluding carboxylic acids is 2. The van der Waals surface area contributed by atoms with E-state index in [1.54, 1.807) is 6.92 Å². The smallest absolute Gasteiger partial charge is 0.254 e. The summed E-state index contributed by atoms with van der Waals surface area (Å²) in [4.78, 5) is 25.1. The second-order valence-electron chi connectivity index (χ2n) is 3.94. The van der Waals surface area contributed by atoms with Crippen LogP contribution in [0.5, 0.6) is 5.75 Å². The number of amides is 2. The lowest BCUT2D eigenvalue weighted by Gasteiger charge is -2.20. The zero-order valence-electron chi connectivity index (χ0n) is 10.9. The fourth-order valence-corrected chi connectivity index (χ4v) is 1.76. The third-order valence-electron chi connectivity index (χ3n) is 2.57. The lowest BCUT2D eigenvalue weighted by atomic mass is 10.2. The number of nitrogens with zero attached hydrogens (tertiary/aromatic N) is 1. The lowest BCUT2D eigenvalue weighted by Crippen LogP contribution is -2.40. The molecule has 19 heavy (non-hydrogen) atoms. The van der Waals surface area contributed by atoms with Crippen molar-refractivity contribution in [2.24, 2.45) is 0 Å². The fourth-order valence-electron chi connectivity index (χ4n) is 1.58. The second kappa shape index (κ2) is 6.99. The Kier molecular flexibility index (Phi) is 5.63. The molecule has 104 valence electrons. The third-order valence-corrected chi connectivity index (χ3v) is 2.87. The Morgan fingerprint density at radius 1 is 1.37 bits per heavy atom. The molecule has 0 fully saturated rings. The Bertz CT molecular complexity index is 477. The Morgan fingerprint density at radius 2 is 2.05 bits per heavy atom. The van der Waals surface area contributed by atoms with E-state index < -0.39 is 0 Å². The first-order valence-corrected chi connectivity index (χ1v) is 6.41. The number of rotatable bonds is 5. The van der Waals surface area contributed by atoms with Crippen LogP contribution in [0.25, 0.3) is 0 Å². The maximum atomic E-state index is 12.2. The van der Waals surface area contributed by atoms with Crippen molar-refractivity contribution in [1.82, 2.24) is 10.2 Å². The average Bonchev–Trinajstić information content (AvgIpc) is 2.38. The number of hydrogen-bond donors (Lipinski definition) is 2. The highest BCUT2D eigenvalue weighted by Crippen LogP contribution is 2.24. The van der Waals surface area contributed by atoms with Crippen LogP contribution in [0.3, 0.4) is 0 Å². The predicted octanol–water partition coefficient (Wildman–Crippen LogP) is 1.64. The highest BCUT2D eigenvalue weighted by molar-refractivity contribution is 6.32. The Balaban J connectivity index is 2.83. The minimum atomic E-state index is -0.296. The first-order chi connectivity index (χ1) is 8.99. The zero-order chi connectivity index (χ0) is 14.4. The number of aromatic hydroxyl groups is 1. The van der Waals surface area contributed by atoms with Gasteiger partial charge in [0.15, 0.2) is 0 Å². The van der Waals surface area contributed by atoms with Crippen molar-refractivity contribution < 1.29 is 14.7 Å². The van der Waals surface area contributed by atoms with Crippen LogP contribution in [0.15, 0.2) is 18.2 Å². The number of phenols is 1. The molecule has 0 saturated heterocycles. The molecule has 1 aromatic carbocycles. The van der Waals surface area contributed by atoms with Gasteiger partial charge in [-0.15, -0.1) is 0 Å². The summed E-state index contributed by atoms with van der Waals surface area (Å²) in [5, 5.41) is 12.1. The summed E-state index contributed by atoms with van der Waals surface area (Å²) in [6.45, 7) is 4.54. The number of hydrogen-bond acceptors (Lipinski definition) is 3. The van der Waals surface area contributed by atoms with E-state index in [2.05, 4.69) is 5.32 Å². The molecule has 0 aromatic heterocycles. The largest absolute Gasteiger partial charge is 0.506 e. The van der Waals surface area contributed by atoms with Gasteiger partial charge in [-0.1, -0.05) is 11.6 Å². The van der Waals surface area contributed by atoms with Crippen LogP contribution in [-0.4, -0.2) is 41.5 Å². The molecular weight excluding hydrogens is 268 g/mol. The topological polar surface area (TPSA) is 69.6 Å². The molecule has 0 atom stereocenters. The molecule has 0 spiro atoms. The molecule has 1 rings (SSSR count). The molecule has 0 aliphatic carbocycles. The maximum Gasteiger partial charge on any atom is 0.254 e. The van der Waals surface area contributed by atoms with Crippen molar-refractivity contribution in [1.29, 1.82) is 0 Å². The molecule has 0 bridgehead atoms. The molecule has 0 radical (unpaired) electrons. The third kappa shape index (κ3) is 4.13. The molecule has 1 aromatic rings. The van der Waals surface area contributed by atoms with E-state index in [9.17, 15) is 14.7 Å². The quantitative estimate of drug-likeness (QED) is 0.864. The monoisotopic (exact) mass is 284 g/mol. The number of likely N-dealkylation sites (N-methyl/N-ethyl adjacent to an activating group) is 2. The highest BCUT2D eigenvalue weighted by atomic mass is 35.5. The van der Waals surface area contributed by atoms with Gasteiger partial charge in [0.1, 0.15) is 5.75 Å². The normalized spacial score (nSPS) is 10.1. The molecule has 0 aliphatic rings. The van der Waals surface area contributed by atoms with Gasteiger partial charge in [-0.2, -0.15) is 0 Å². The van der Waals surface area contributed by atoms with Crippen molar-refractivity contribution >= 4 is 23.4 Å². The fraction of sp³-hybridized carbons (Fsp3) is 0.385. The van der Waals surface area contributed by atoms with Crippen LogP contribution < -0.4 is 5.32 Å². The van der Waals surface area contributed by atoms with E-state index in [0.717, 1.165) is 0 Å². The van der Waals surface area contributed by atoms with Gasteiger partial charge in [-0.05, 0) is 32.0 Å². The van der Waals surface area contributed by atoms with Crippen LogP contribution in [0.1, 0.15) is 24.2 Å². The van der Waals surface area contributed by atoms with Crippen LogP contribution >= 0.6 is 11.6 Å². The molecule has 0 saturated carbocycles. The molecule has 0 aliphatic heterocycles.